The number of thiazole rings is 1. The van der Waals surface area contributed by atoms with Crippen LogP contribution in [0, 0.1) is 0 Å². The first kappa shape index (κ1) is 17.1. The van der Waals surface area contributed by atoms with Gasteiger partial charge in [-0.25, -0.2) is 4.98 Å². The zero-order chi connectivity index (χ0) is 16.8. The van der Waals surface area contributed by atoms with Crippen LogP contribution in [0.4, 0.5) is 5.69 Å². The molecule has 2 heterocycles. The average molecular weight is 345 g/mol. The monoisotopic (exact) mass is 345 g/mol. The Kier molecular flexibility index (Phi) is 5.96. The van der Waals surface area contributed by atoms with Crippen LogP contribution in [-0.4, -0.2) is 23.6 Å². The minimum Gasteiger partial charge on any atom is -0.368 e. The van der Waals surface area contributed by atoms with E-state index in [1.165, 1.54) is 5.01 Å². The molecule has 128 valence electrons. The second kappa shape index (κ2) is 8.37. The van der Waals surface area contributed by atoms with Crippen molar-refractivity contribution in [3.05, 3.63) is 45.9 Å². The van der Waals surface area contributed by atoms with Crippen LogP contribution in [0.25, 0.3) is 0 Å². The van der Waals surface area contributed by atoms with Gasteiger partial charge in [0, 0.05) is 30.8 Å². The van der Waals surface area contributed by atoms with Crippen LogP contribution in [-0.2, 0) is 29.0 Å². The second-order valence-corrected chi connectivity index (χ2v) is 6.82. The number of nitrogens with zero attached hydrogens (tertiary/aromatic N) is 1. The van der Waals surface area contributed by atoms with E-state index in [2.05, 4.69) is 27.9 Å². The molecule has 1 aromatic carbocycles. The molecule has 0 aliphatic carbocycles. The molecule has 24 heavy (non-hydrogen) atoms. The number of amides is 1. The van der Waals surface area contributed by atoms with Gasteiger partial charge in [0.1, 0.15) is 6.10 Å². The Morgan fingerprint density at radius 1 is 1.42 bits per heavy atom. The molecule has 6 heteroatoms. The normalized spacial score (nSPS) is 17.1. The van der Waals surface area contributed by atoms with Crippen molar-refractivity contribution in [2.45, 2.75) is 45.4 Å². The number of ether oxygens (including phenoxy) is 1. The standard InChI is InChI=1S/C18H23N3O2S/c1-2-17-20-15(12-24-17)11-19-10-13-5-3-6-14(9-13)21-18(22)16-7-4-8-23-16/h3,5-6,9,12,16,19H,2,4,7-8,10-11H2,1H3,(H,21,22)/t16-/m0/s1. The van der Waals surface area contributed by atoms with Crippen LogP contribution in [0.5, 0.6) is 0 Å². The lowest BCUT2D eigenvalue weighted by molar-refractivity contribution is -0.124. The molecule has 0 radical (unpaired) electrons. The number of aromatic nitrogens is 1. The van der Waals surface area contributed by atoms with Gasteiger partial charge in [-0.05, 0) is 37.0 Å². The van der Waals surface area contributed by atoms with Crippen LogP contribution < -0.4 is 10.6 Å². The predicted octanol–water partition coefficient (Wildman–Crippen LogP) is 3.11. The van der Waals surface area contributed by atoms with Crippen molar-refractivity contribution in [2.24, 2.45) is 0 Å². The third kappa shape index (κ3) is 4.63. The second-order valence-electron chi connectivity index (χ2n) is 5.88. The fourth-order valence-electron chi connectivity index (χ4n) is 2.69. The number of hydrogen-bond donors (Lipinski definition) is 2. The topological polar surface area (TPSA) is 63.2 Å². The van der Waals surface area contributed by atoms with E-state index in [9.17, 15) is 4.79 Å². The number of nitrogens with one attached hydrogen (secondary N) is 2. The first-order valence-corrected chi connectivity index (χ1v) is 9.28. The van der Waals surface area contributed by atoms with Gasteiger partial charge in [0.15, 0.2) is 0 Å². The van der Waals surface area contributed by atoms with Crippen LogP contribution in [0.1, 0.15) is 36.0 Å². The number of hydrogen-bond acceptors (Lipinski definition) is 5. The molecule has 0 bridgehead atoms. The van der Waals surface area contributed by atoms with E-state index >= 15 is 0 Å². The quantitative estimate of drug-likeness (QED) is 0.809. The maximum absolute atomic E-state index is 12.1. The number of carbonyl (C=O) groups excluding carboxylic acids is 1. The number of aryl methyl sites for hydroxylation is 1. The van der Waals surface area contributed by atoms with E-state index in [1.54, 1.807) is 11.3 Å². The van der Waals surface area contributed by atoms with Crippen LogP contribution in [0.2, 0.25) is 0 Å². The largest absolute Gasteiger partial charge is 0.368 e. The van der Waals surface area contributed by atoms with Crippen LogP contribution in [0.3, 0.4) is 0 Å². The highest BCUT2D eigenvalue weighted by Crippen LogP contribution is 2.16. The van der Waals surface area contributed by atoms with Gasteiger partial charge in [-0.15, -0.1) is 11.3 Å². The summed E-state index contributed by atoms with van der Waals surface area (Å²) < 4.78 is 5.41. The van der Waals surface area contributed by atoms with Crippen molar-refractivity contribution in [1.82, 2.24) is 10.3 Å². The van der Waals surface area contributed by atoms with Crippen molar-refractivity contribution in [2.75, 3.05) is 11.9 Å². The zero-order valence-electron chi connectivity index (χ0n) is 13.9. The van der Waals surface area contributed by atoms with Crippen molar-refractivity contribution in [3.63, 3.8) is 0 Å². The molecule has 2 aromatic rings. The Bertz CT molecular complexity index is 680. The van der Waals surface area contributed by atoms with Gasteiger partial charge < -0.3 is 15.4 Å². The average Bonchev–Trinajstić information content (AvgIpc) is 3.27. The zero-order valence-corrected chi connectivity index (χ0v) is 14.7. The minimum absolute atomic E-state index is 0.0489. The van der Waals surface area contributed by atoms with Gasteiger partial charge in [0.25, 0.3) is 5.91 Å². The molecule has 1 aliphatic rings. The number of rotatable bonds is 7. The molecule has 0 saturated carbocycles. The van der Waals surface area contributed by atoms with Crippen molar-refractivity contribution in [1.29, 1.82) is 0 Å². The smallest absolute Gasteiger partial charge is 0.253 e. The van der Waals surface area contributed by atoms with E-state index in [0.717, 1.165) is 49.3 Å². The molecule has 1 aromatic heterocycles. The molecule has 1 atom stereocenters. The van der Waals surface area contributed by atoms with E-state index in [-0.39, 0.29) is 12.0 Å². The summed E-state index contributed by atoms with van der Waals surface area (Å²) in [6.45, 7) is 4.29. The fourth-order valence-corrected chi connectivity index (χ4v) is 3.44. The van der Waals surface area contributed by atoms with Gasteiger partial charge in [-0.3, -0.25) is 4.79 Å². The molecular formula is C18H23N3O2S. The summed E-state index contributed by atoms with van der Waals surface area (Å²) in [7, 11) is 0. The first-order valence-electron chi connectivity index (χ1n) is 8.40. The molecule has 3 rings (SSSR count). The summed E-state index contributed by atoms with van der Waals surface area (Å²) >= 11 is 1.71. The van der Waals surface area contributed by atoms with Crippen LogP contribution >= 0.6 is 11.3 Å². The Morgan fingerprint density at radius 3 is 3.08 bits per heavy atom. The summed E-state index contributed by atoms with van der Waals surface area (Å²) in [5.41, 5.74) is 3.03. The minimum atomic E-state index is -0.302. The Balaban J connectivity index is 1.50. The van der Waals surface area contributed by atoms with E-state index in [4.69, 9.17) is 4.74 Å². The van der Waals surface area contributed by atoms with Gasteiger partial charge >= 0.3 is 0 Å². The Hall–Kier alpha value is -1.76. The highest BCUT2D eigenvalue weighted by Gasteiger charge is 2.23. The Labute approximate surface area is 146 Å². The third-order valence-corrected chi connectivity index (χ3v) is 5.00. The third-order valence-electron chi connectivity index (χ3n) is 3.95. The van der Waals surface area contributed by atoms with E-state index in [1.807, 2.05) is 24.3 Å². The molecule has 1 fully saturated rings. The number of anilines is 1. The Morgan fingerprint density at radius 2 is 2.33 bits per heavy atom. The van der Waals surface area contributed by atoms with Gasteiger partial charge in [0.2, 0.25) is 0 Å². The van der Waals surface area contributed by atoms with E-state index in [0.29, 0.717) is 6.61 Å². The highest BCUT2D eigenvalue weighted by atomic mass is 32.1. The molecule has 5 nitrogen and oxygen atoms in total. The molecule has 0 spiro atoms. The summed E-state index contributed by atoms with van der Waals surface area (Å²) in [6.07, 6.45) is 2.44. The molecule has 1 aliphatic heterocycles. The van der Waals surface area contributed by atoms with Crippen molar-refractivity contribution in [3.8, 4) is 0 Å². The molecule has 1 amide bonds. The highest BCUT2D eigenvalue weighted by molar-refractivity contribution is 7.09. The molecule has 2 N–H and O–H groups in total. The van der Waals surface area contributed by atoms with Gasteiger partial charge in [-0.2, -0.15) is 0 Å². The summed E-state index contributed by atoms with van der Waals surface area (Å²) in [6, 6.07) is 7.91. The predicted molar refractivity (Wildman–Crippen MR) is 96.1 cm³/mol. The lowest BCUT2D eigenvalue weighted by Crippen LogP contribution is -2.26. The molecule has 1 saturated heterocycles. The van der Waals surface area contributed by atoms with Crippen molar-refractivity contribution < 1.29 is 9.53 Å². The maximum Gasteiger partial charge on any atom is 0.253 e. The summed E-state index contributed by atoms with van der Waals surface area (Å²) in [5.74, 6) is -0.0489. The molecular weight excluding hydrogens is 322 g/mol. The lowest BCUT2D eigenvalue weighted by Gasteiger charge is -2.11. The lowest BCUT2D eigenvalue weighted by atomic mass is 10.2. The molecule has 0 unspecified atom stereocenters. The summed E-state index contributed by atoms with van der Waals surface area (Å²) in [4.78, 5) is 16.6. The van der Waals surface area contributed by atoms with Crippen molar-refractivity contribution >= 4 is 22.9 Å². The van der Waals surface area contributed by atoms with Gasteiger partial charge in [0.05, 0.1) is 10.7 Å². The van der Waals surface area contributed by atoms with E-state index < -0.39 is 0 Å². The first-order chi connectivity index (χ1) is 11.7. The number of benzene rings is 1. The summed E-state index contributed by atoms with van der Waals surface area (Å²) in [5, 5.41) is 9.61. The maximum atomic E-state index is 12.1. The van der Waals surface area contributed by atoms with Gasteiger partial charge in [-0.1, -0.05) is 19.1 Å². The SMILES string of the molecule is CCc1nc(CNCc2cccc(NC(=O)[C@@H]3CCCO3)c2)cs1. The van der Waals surface area contributed by atoms with Crippen LogP contribution in [0.15, 0.2) is 29.6 Å². The fraction of sp³-hybridized carbons (Fsp3) is 0.444. The number of carbonyl (C=O) groups is 1.